The first kappa shape index (κ1) is 25.8. The van der Waals surface area contributed by atoms with Crippen LogP contribution in [0.25, 0.3) is 28.4 Å². The fourth-order valence-corrected chi connectivity index (χ4v) is 4.89. The van der Waals surface area contributed by atoms with Gasteiger partial charge in [0.1, 0.15) is 10.6 Å². The largest absolute Gasteiger partial charge is 0.333 e. The van der Waals surface area contributed by atoms with E-state index in [1.807, 2.05) is 0 Å². The van der Waals surface area contributed by atoms with Gasteiger partial charge in [0.25, 0.3) is 5.56 Å². The quantitative estimate of drug-likeness (QED) is 0.341. The van der Waals surface area contributed by atoms with Gasteiger partial charge in [-0.15, -0.1) is 0 Å². The predicted octanol–water partition coefficient (Wildman–Crippen LogP) is 2.91. The van der Waals surface area contributed by atoms with Gasteiger partial charge in [-0.3, -0.25) is 28.5 Å². The summed E-state index contributed by atoms with van der Waals surface area (Å²) < 4.78 is 27.2. The molecule has 1 atom stereocenters. The van der Waals surface area contributed by atoms with E-state index in [0.29, 0.717) is 22.1 Å². The van der Waals surface area contributed by atoms with E-state index in [-0.39, 0.29) is 26.9 Å². The van der Waals surface area contributed by atoms with Gasteiger partial charge in [-0.05, 0) is 55.5 Å². The first-order valence-electron chi connectivity index (χ1n) is 11.1. The van der Waals surface area contributed by atoms with Crippen LogP contribution in [0, 0.1) is 0 Å². The third kappa shape index (κ3) is 4.31. The number of primary sulfonamides is 1. The normalized spacial score (nSPS) is 12.7. The van der Waals surface area contributed by atoms with Gasteiger partial charge in [0.15, 0.2) is 17.0 Å². The summed E-state index contributed by atoms with van der Waals surface area (Å²) in [7, 11) is -2.60. The van der Waals surface area contributed by atoms with E-state index >= 15 is 0 Å². The number of sulfonamides is 1. The highest BCUT2D eigenvalue weighted by atomic mass is 35.5. The van der Waals surface area contributed by atoms with E-state index in [1.165, 1.54) is 29.9 Å². The highest BCUT2D eigenvalue weighted by molar-refractivity contribution is 7.89. The van der Waals surface area contributed by atoms with E-state index in [4.69, 9.17) is 33.3 Å². The maximum Gasteiger partial charge on any atom is 0.333 e. The first-order chi connectivity index (χ1) is 18.0. The summed E-state index contributed by atoms with van der Waals surface area (Å²) in [5.41, 5.74) is 0.106. The number of benzene rings is 1. The fraction of sp³-hybridized carbons (Fsp3) is 0.125. The van der Waals surface area contributed by atoms with Crippen LogP contribution in [0.2, 0.25) is 10.0 Å². The van der Waals surface area contributed by atoms with Crippen molar-refractivity contribution in [3.8, 4) is 17.2 Å². The van der Waals surface area contributed by atoms with Crippen molar-refractivity contribution in [2.24, 2.45) is 12.2 Å². The topological polar surface area (TPSA) is 148 Å². The first-order valence-corrected chi connectivity index (χ1v) is 13.4. The van der Waals surface area contributed by atoms with Gasteiger partial charge in [0.05, 0.1) is 16.8 Å². The lowest BCUT2D eigenvalue weighted by atomic mass is 10.2. The molecule has 11 nitrogen and oxygen atoms in total. The number of hydrogen-bond acceptors (Lipinski definition) is 7. The average molecular weight is 572 g/mol. The van der Waals surface area contributed by atoms with Crippen LogP contribution in [0.15, 0.2) is 75.4 Å². The second-order valence-corrected chi connectivity index (χ2v) is 10.8. The van der Waals surface area contributed by atoms with E-state index in [1.54, 1.807) is 47.9 Å². The van der Waals surface area contributed by atoms with Gasteiger partial charge in [0.2, 0.25) is 10.0 Å². The molecule has 0 saturated carbocycles. The maximum absolute atomic E-state index is 13.5. The number of rotatable bonds is 5. The van der Waals surface area contributed by atoms with Crippen LogP contribution < -0.4 is 16.4 Å². The number of halogens is 2. The van der Waals surface area contributed by atoms with Crippen LogP contribution >= 0.6 is 23.2 Å². The average Bonchev–Trinajstić information content (AvgIpc) is 3.27. The van der Waals surface area contributed by atoms with Crippen molar-refractivity contribution < 1.29 is 8.42 Å². The number of imidazole rings is 1. The van der Waals surface area contributed by atoms with Crippen molar-refractivity contribution in [2.45, 2.75) is 17.9 Å². The van der Waals surface area contributed by atoms with Crippen LogP contribution in [-0.2, 0) is 17.1 Å². The van der Waals surface area contributed by atoms with E-state index in [2.05, 4.69) is 9.97 Å². The molecule has 0 aliphatic carbocycles. The predicted molar refractivity (Wildman–Crippen MR) is 143 cm³/mol. The Bertz CT molecular complexity index is 1930. The molecule has 0 saturated heterocycles. The Balaban J connectivity index is 1.86. The van der Waals surface area contributed by atoms with Gasteiger partial charge in [-0.25, -0.2) is 23.3 Å². The van der Waals surface area contributed by atoms with Crippen LogP contribution in [0.5, 0.6) is 0 Å². The Hall–Kier alpha value is -3.84. The third-order valence-corrected chi connectivity index (χ3v) is 7.50. The molecule has 0 aliphatic heterocycles. The minimum Gasteiger partial charge on any atom is -0.285 e. The molecule has 0 fully saturated rings. The summed E-state index contributed by atoms with van der Waals surface area (Å²) >= 11 is 12.6. The zero-order valence-electron chi connectivity index (χ0n) is 19.9. The number of aromatic nitrogens is 6. The van der Waals surface area contributed by atoms with Gasteiger partial charge in [-0.2, -0.15) is 0 Å². The fourth-order valence-electron chi connectivity index (χ4n) is 4.11. The molecule has 0 aliphatic rings. The molecule has 0 spiro atoms. The summed E-state index contributed by atoms with van der Waals surface area (Å²) in [5.74, 6) is 0.231. The van der Waals surface area contributed by atoms with Gasteiger partial charge in [0, 0.05) is 30.2 Å². The molecule has 38 heavy (non-hydrogen) atoms. The van der Waals surface area contributed by atoms with Crippen molar-refractivity contribution >= 4 is 44.4 Å². The van der Waals surface area contributed by atoms with Crippen molar-refractivity contribution in [3.05, 3.63) is 97.5 Å². The second-order valence-electron chi connectivity index (χ2n) is 8.41. The monoisotopic (exact) mass is 571 g/mol. The van der Waals surface area contributed by atoms with E-state index < -0.39 is 27.3 Å². The summed E-state index contributed by atoms with van der Waals surface area (Å²) in [6.45, 7) is 1.68. The minimum absolute atomic E-state index is 0.0644. The highest BCUT2D eigenvalue weighted by Crippen LogP contribution is 2.31. The zero-order valence-corrected chi connectivity index (χ0v) is 22.2. The molecule has 4 aromatic heterocycles. The lowest BCUT2D eigenvalue weighted by molar-refractivity contribution is 0.566. The van der Waals surface area contributed by atoms with Crippen LogP contribution in [0.3, 0.4) is 0 Å². The van der Waals surface area contributed by atoms with Crippen molar-refractivity contribution in [1.82, 2.24) is 28.7 Å². The van der Waals surface area contributed by atoms with Crippen molar-refractivity contribution in [3.63, 3.8) is 0 Å². The molecule has 4 heterocycles. The second kappa shape index (κ2) is 9.48. The Morgan fingerprint density at radius 1 is 1.00 bits per heavy atom. The van der Waals surface area contributed by atoms with Gasteiger partial charge < -0.3 is 0 Å². The smallest absolute Gasteiger partial charge is 0.285 e. The number of nitrogens with two attached hydrogens (primary N) is 1. The Kier molecular flexibility index (Phi) is 6.43. The molecule has 0 amide bonds. The lowest BCUT2D eigenvalue weighted by Crippen LogP contribution is -2.40. The minimum atomic E-state index is -3.96. The van der Waals surface area contributed by atoms with Crippen LogP contribution in [0.1, 0.15) is 18.7 Å². The SMILES string of the molecule is C[C@H](c1ccc(S(N)(=O)=O)cn1)n1c(=O)n(C)c(=O)c2c1nc(-c1ncccc1Cl)n2-c1ccc(Cl)cc1. The molecule has 5 rings (SSSR count). The van der Waals surface area contributed by atoms with E-state index in [0.717, 1.165) is 10.8 Å². The summed E-state index contributed by atoms with van der Waals surface area (Å²) in [6.07, 6.45) is 2.65. The molecule has 2 N–H and O–H groups in total. The lowest BCUT2D eigenvalue weighted by Gasteiger charge is -2.17. The molecule has 0 radical (unpaired) electrons. The molecule has 1 aromatic carbocycles. The molecule has 194 valence electrons. The van der Waals surface area contributed by atoms with Crippen LogP contribution in [0.4, 0.5) is 0 Å². The molecule has 5 aromatic rings. The van der Waals surface area contributed by atoms with Crippen molar-refractivity contribution in [1.29, 1.82) is 0 Å². The zero-order chi connectivity index (χ0) is 27.4. The summed E-state index contributed by atoms with van der Waals surface area (Å²) in [4.78, 5) is 40.0. The highest BCUT2D eigenvalue weighted by Gasteiger charge is 2.27. The molecule has 14 heteroatoms. The third-order valence-electron chi connectivity index (χ3n) is 6.05. The molecule has 0 unspecified atom stereocenters. The number of hydrogen-bond donors (Lipinski definition) is 1. The number of nitrogens with zero attached hydrogens (tertiary/aromatic N) is 6. The van der Waals surface area contributed by atoms with Crippen molar-refractivity contribution in [2.75, 3.05) is 0 Å². The van der Waals surface area contributed by atoms with Crippen LogP contribution in [-0.4, -0.2) is 37.1 Å². The number of fused-ring (bicyclic) bond motifs is 1. The van der Waals surface area contributed by atoms with Gasteiger partial charge >= 0.3 is 5.69 Å². The van der Waals surface area contributed by atoms with E-state index in [9.17, 15) is 18.0 Å². The Morgan fingerprint density at radius 2 is 1.71 bits per heavy atom. The molecule has 0 bridgehead atoms. The summed E-state index contributed by atoms with van der Waals surface area (Å²) in [5, 5.41) is 5.96. The standard InChI is InChI=1S/C24H19Cl2N7O4S/c1-13(18-10-9-16(12-29-18)38(27,36)37)32-22-20(23(34)31(2)24(32)35)33(15-7-5-14(25)6-8-15)21(30-22)19-17(26)4-3-11-28-19/h3-13H,1-2H3,(H2,27,36,37)/t13-/m1/s1. The maximum atomic E-state index is 13.5. The van der Waals surface area contributed by atoms with Gasteiger partial charge in [-0.1, -0.05) is 23.2 Å². The number of pyridine rings is 2. The summed E-state index contributed by atoms with van der Waals surface area (Å²) in [6, 6.07) is 12.0. The molecular weight excluding hydrogens is 553 g/mol. The Morgan fingerprint density at radius 3 is 2.32 bits per heavy atom. The Labute approximate surface area is 225 Å². The molecular formula is C24H19Cl2N7O4S.